The van der Waals surface area contributed by atoms with Crippen molar-refractivity contribution in [3.8, 4) is 10.7 Å². The SMILES string of the molecule is NCc1cc(Cn2ccnc2-c2cccs2)ccc1F. The predicted molar refractivity (Wildman–Crippen MR) is 78.9 cm³/mol. The molecule has 102 valence electrons. The average Bonchev–Trinajstić information content (AvgIpc) is 3.11. The summed E-state index contributed by atoms with van der Waals surface area (Å²) in [5.74, 6) is 0.680. The van der Waals surface area contributed by atoms with Crippen LogP contribution in [0.4, 0.5) is 4.39 Å². The lowest BCUT2D eigenvalue weighted by Gasteiger charge is -2.08. The standard InChI is InChI=1S/C15H14FN3S/c16-13-4-3-11(8-12(13)9-17)10-19-6-5-18-15(19)14-2-1-7-20-14/h1-8H,9-10,17H2. The molecule has 3 rings (SSSR count). The zero-order valence-corrected chi connectivity index (χ0v) is 11.6. The molecule has 0 bridgehead atoms. The molecule has 2 heterocycles. The Morgan fingerprint density at radius 1 is 1.30 bits per heavy atom. The summed E-state index contributed by atoms with van der Waals surface area (Å²) in [6, 6.07) is 9.11. The molecule has 0 amide bonds. The van der Waals surface area contributed by atoms with Gasteiger partial charge in [-0.05, 0) is 29.1 Å². The number of nitrogens with two attached hydrogens (primary N) is 1. The van der Waals surface area contributed by atoms with Crippen LogP contribution in [0.5, 0.6) is 0 Å². The number of halogens is 1. The molecule has 3 nitrogen and oxygen atoms in total. The highest BCUT2D eigenvalue weighted by molar-refractivity contribution is 7.13. The topological polar surface area (TPSA) is 43.8 Å². The van der Waals surface area contributed by atoms with Gasteiger partial charge in [-0.3, -0.25) is 0 Å². The van der Waals surface area contributed by atoms with Crippen molar-refractivity contribution in [3.05, 3.63) is 65.0 Å². The highest BCUT2D eigenvalue weighted by Gasteiger charge is 2.08. The average molecular weight is 287 g/mol. The number of benzene rings is 1. The van der Waals surface area contributed by atoms with Gasteiger partial charge in [0.1, 0.15) is 11.6 Å². The molecule has 0 atom stereocenters. The lowest BCUT2D eigenvalue weighted by Crippen LogP contribution is -2.04. The highest BCUT2D eigenvalue weighted by atomic mass is 32.1. The van der Waals surface area contributed by atoms with Gasteiger partial charge >= 0.3 is 0 Å². The molecule has 0 aliphatic heterocycles. The number of imidazole rings is 1. The van der Waals surface area contributed by atoms with Crippen molar-refractivity contribution in [2.75, 3.05) is 0 Å². The number of hydrogen-bond acceptors (Lipinski definition) is 3. The lowest BCUT2D eigenvalue weighted by atomic mass is 10.1. The summed E-state index contributed by atoms with van der Waals surface area (Å²) < 4.78 is 15.5. The van der Waals surface area contributed by atoms with Crippen LogP contribution in [0.1, 0.15) is 11.1 Å². The predicted octanol–water partition coefficient (Wildman–Crippen LogP) is 3.26. The van der Waals surface area contributed by atoms with Crippen molar-refractivity contribution in [1.29, 1.82) is 0 Å². The van der Waals surface area contributed by atoms with Gasteiger partial charge in [0, 0.05) is 31.0 Å². The van der Waals surface area contributed by atoms with E-state index >= 15 is 0 Å². The second kappa shape index (κ2) is 5.56. The molecule has 0 radical (unpaired) electrons. The maximum atomic E-state index is 13.5. The Bertz CT molecular complexity index is 704. The summed E-state index contributed by atoms with van der Waals surface area (Å²) in [5.41, 5.74) is 7.10. The van der Waals surface area contributed by atoms with Crippen molar-refractivity contribution in [1.82, 2.24) is 9.55 Å². The van der Waals surface area contributed by atoms with E-state index in [1.807, 2.05) is 29.8 Å². The molecule has 0 spiro atoms. The molecular formula is C15H14FN3S. The van der Waals surface area contributed by atoms with Gasteiger partial charge in [0.2, 0.25) is 0 Å². The Morgan fingerprint density at radius 3 is 2.95 bits per heavy atom. The first-order valence-corrected chi connectivity index (χ1v) is 7.18. The summed E-state index contributed by atoms with van der Waals surface area (Å²) in [6.07, 6.45) is 3.71. The van der Waals surface area contributed by atoms with Crippen LogP contribution in [-0.2, 0) is 13.1 Å². The number of aromatic nitrogens is 2. The minimum Gasteiger partial charge on any atom is -0.326 e. The number of rotatable bonds is 4. The molecule has 3 aromatic rings. The van der Waals surface area contributed by atoms with Gasteiger partial charge in [-0.25, -0.2) is 9.37 Å². The van der Waals surface area contributed by atoms with Crippen LogP contribution in [0.15, 0.2) is 48.1 Å². The lowest BCUT2D eigenvalue weighted by molar-refractivity contribution is 0.609. The van der Waals surface area contributed by atoms with Crippen LogP contribution in [0, 0.1) is 5.82 Å². The number of hydrogen-bond donors (Lipinski definition) is 1. The Hall–Kier alpha value is -1.98. The van der Waals surface area contributed by atoms with E-state index in [1.165, 1.54) is 6.07 Å². The summed E-state index contributed by atoms with van der Waals surface area (Å²) >= 11 is 1.65. The second-order valence-corrected chi connectivity index (χ2v) is 5.43. The minimum absolute atomic E-state index is 0.210. The third kappa shape index (κ3) is 2.50. The van der Waals surface area contributed by atoms with Crippen LogP contribution in [0.2, 0.25) is 0 Å². The first kappa shape index (κ1) is 13.0. The van der Waals surface area contributed by atoms with Crippen LogP contribution in [0.25, 0.3) is 10.7 Å². The van der Waals surface area contributed by atoms with Crippen molar-refractivity contribution in [2.45, 2.75) is 13.1 Å². The van der Waals surface area contributed by atoms with Gasteiger partial charge < -0.3 is 10.3 Å². The van der Waals surface area contributed by atoms with Gasteiger partial charge in [-0.2, -0.15) is 0 Å². The molecule has 0 unspecified atom stereocenters. The summed E-state index contributed by atoms with van der Waals surface area (Å²) in [4.78, 5) is 5.51. The fraction of sp³-hybridized carbons (Fsp3) is 0.133. The van der Waals surface area contributed by atoms with E-state index in [0.717, 1.165) is 16.3 Å². The zero-order valence-electron chi connectivity index (χ0n) is 10.8. The third-order valence-electron chi connectivity index (χ3n) is 3.14. The first-order valence-electron chi connectivity index (χ1n) is 6.30. The molecule has 0 saturated heterocycles. The molecule has 1 aromatic carbocycles. The van der Waals surface area contributed by atoms with E-state index in [-0.39, 0.29) is 12.4 Å². The first-order chi connectivity index (χ1) is 9.78. The minimum atomic E-state index is -0.250. The van der Waals surface area contributed by atoms with E-state index in [9.17, 15) is 4.39 Å². The Kier molecular flexibility index (Phi) is 3.62. The monoisotopic (exact) mass is 287 g/mol. The normalized spacial score (nSPS) is 10.9. The Morgan fingerprint density at radius 2 is 2.20 bits per heavy atom. The van der Waals surface area contributed by atoms with Gasteiger partial charge in [0.05, 0.1) is 4.88 Å². The van der Waals surface area contributed by atoms with E-state index < -0.39 is 0 Å². The molecule has 0 aliphatic carbocycles. The van der Waals surface area contributed by atoms with Crippen molar-refractivity contribution < 1.29 is 4.39 Å². The summed E-state index contributed by atoms with van der Waals surface area (Å²) in [5, 5.41) is 2.03. The summed E-state index contributed by atoms with van der Waals surface area (Å²) in [7, 11) is 0. The molecule has 5 heteroatoms. The second-order valence-electron chi connectivity index (χ2n) is 4.49. The van der Waals surface area contributed by atoms with Gasteiger partial charge in [-0.15, -0.1) is 11.3 Å². The maximum absolute atomic E-state index is 13.5. The van der Waals surface area contributed by atoms with E-state index in [2.05, 4.69) is 9.55 Å². The fourth-order valence-corrected chi connectivity index (χ4v) is 2.88. The van der Waals surface area contributed by atoms with Crippen LogP contribution < -0.4 is 5.73 Å². The number of thiophene rings is 1. The molecule has 0 fully saturated rings. The third-order valence-corrected chi connectivity index (χ3v) is 4.01. The van der Waals surface area contributed by atoms with Crippen LogP contribution >= 0.6 is 11.3 Å². The molecule has 2 aromatic heterocycles. The smallest absolute Gasteiger partial charge is 0.150 e. The molecule has 2 N–H and O–H groups in total. The Balaban J connectivity index is 1.91. The maximum Gasteiger partial charge on any atom is 0.150 e. The van der Waals surface area contributed by atoms with E-state index in [0.29, 0.717) is 12.1 Å². The molecule has 0 aliphatic rings. The van der Waals surface area contributed by atoms with Crippen molar-refractivity contribution >= 4 is 11.3 Å². The summed E-state index contributed by atoms with van der Waals surface area (Å²) in [6.45, 7) is 0.863. The quantitative estimate of drug-likeness (QED) is 0.800. The Labute approximate surface area is 120 Å². The van der Waals surface area contributed by atoms with E-state index in [1.54, 1.807) is 23.6 Å². The van der Waals surface area contributed by atoms with Crippen molar-refractivity contribution in [2.24, 2.45) is 5.73 Å². The highest BCUT2D eigenvalue weighted by Crippen LogP contribution is 2.23. The van der Waals surface area contributed by atoms with E-state index in [4.69, 9.17) is 5.73 Å². The zero-order chi connectivity index (χ0) is 13.9. The van der Waals surface area contributed by atoms with Gasteiger partial charge in [0.15, 0.2) is 0 Å². The van der Waals surface area contributed by atoms with Crippen LogP contribution in [0.3, 0.4) is 0 Å². The van der Waals surface area contributed by atoms with Crippen LogP contribution in [-0.4, -0.2) is 9.55 Å². The fourth-order valence-electron chi connectivity index (χ4n) is 2.15. The molecular weight excluding hydrogens is 273 g/mol. The molecule has 20 heavy (non-hydrogen) atoms. The number of nitrogens with zero attached hydrogens (tertiary/aromatic N) is 2. The van der Waals surface area contributed by atoms with Gasteiger partial charge in [-0.1, -0.05) is 12.1 Å². The molecule has 0 saturated carbocycles. The largest absolute Gasteiger partial charge is 0.326 e. The van der Waals surface area contributed by atoms with Crippen molar-refractivity contribution in [3.63, 3.8) is 0 Å². The van der Waals surface area contributed by atoms with Gasteiger partial charge in [0.25, 0.3) is 0 Å².